The lowest BCUT2D eigenvalue weighted by molar-refractivity contribution is -0.143. The first kappa shape index (κ1) is 31.1. The molecule has 3 unspecified atom stereocenters. The van der Waals surface area contributed by atoms with E-state index in [1.807, 2.05) is 0 Å². The van der Waals surface area contributed by atoms with Gasteiger partial charge in [-0.1, -0.05) is 18.2 Å². The summed E-state index contributed by atoms with van der Waals surface area (Å²) in [4.78, 5) is 16.1. The highest BCUT2D eigenvalue weighted by Crippen LogP contribution is 2.56. The average Bonchev–Trinajstić information content (AvgIpc) is 3.70. The summed E-state index contributed by atoms with van der Waals surface area (Å²) in [6.07, 6.45) is -0.0392. The summed E-state index contributed by atoms with van der Waals surface area (Å²) < 4.78 is 92.9. The van der Waals surface area contributed by atoms with Gasteiger partial charge in [0.1, 0.15) is 6.17 Å². The van der Waals surface area contributed by atoms with Crippen LogP contribution < -0.4 is 5.32 Å². The molecule has 0 bridgehead atoms. The average molecular weight is 601 g/mol. The third-order valence-electron chi connectivity index (χ3n) is 9.94. The zero-order chi connectivity index (χ0) is 30.3. The van der Waals surface area contributed by atoms with E-state index in [4.69, 9.17) is 0 Å². The van der Waals surface area contributed by atoms with Crippen LogP contribution in [0.5, 0.6) is 0 Å². The Morgan fingerprint density at radius 3 is 2.14 bits per heavy atom. The second-order valence-electron chi connectivity index (χ2n) is 12.8. The summed E-state index contributed by atoms with van der Waals surface area (Å²) in [5.41, 5.74) is -1.63. The maximum Gasteiger partial charge on any atom is 0.416 e. The minimum absolute atomic E-state index is 0.0427. The molecule has 1 aromatic carbocycles. The van der Waals surface area contributed by atoms with Crippen LogP contribution in [-0.4, -0.2) is 36.1 Å². The van der Waals surface area contributed by atoms with Gasteiger partial charge in [-0.3, -0.25) is 4.79 Å². The van der Waals surface area contributed by atoms with Gasteiger partial charge in [0.15, 0.2) is 0 Å². The van der Waals surface area contributed by atoms with E-state index in [-0.39, 0.29) is 36.3 Å². The molecule has 0 radical (unpaired) electrons. The van der Waals surface area contributed by atoms with E-state index in [1.54, 1.807) is 0 Å². The molecular weight excluding hydrogens is 561 g/mol. The number of carbonyl (C=O) groups excluding carboxylic acids is 1. The Hall–Kier alpha value is -2.36. The Balaban J connectivity index is 1.17. The summed E-state index contributed by atoms with van der Waals surface area (Å²) in [6.45, 7) is 5.80. The van der Waals surface area contributed by atoms with Gasteiger partial charge in [0, 0.05) is 11.7 Å². The normalized spacial score (nSPS) is 28.0. The van der Waals surface area contributed by atoms with Gasteiger partial charge < -0.3 is 10.2 Å². The largest absolute Gasteiger partial charge is 0.416 e. The number of nitrogens with one attached hydrogen (secondary N) is 1. The highest BCUT2D eigenvalue weighted by molar-refractivity contribution is 5.85. The summed E-state index contributed by atoms with van der Waals surface area (Å²) in [5.74, 6) is 0.672. The van der Waals surface area contributed by atoms with Gasteiger partial charge in [0.05, 0.1) is 16.5 Å². The second-order valence-corrected chi connectivity index (χ2v) is 12.8. The minimum atomic E-state index is -4.90. The smallest absolute Gasteiger partial charge is 0.330 e. The van der Waals surface area contributed by atoms with Crippen molar-refractivity contribution in [1.29, 1.82) is 0 Å². The number of nitrogens with zero attached hydrogens (tertiary/aromatic N) is 1. The molecule has 1 amide bonds. The molecule has 1 aromatic rings. The van der Waals surface area contributed by atoms with Crippen LogP contribution in [-0.2, 0) is 23.6 Å². The maximum absolute atomic E-state index is 13.6. The molecule has 0 spiro atoms. The van der Waals surface area contributed by atoms with E-state index in [1.165, 1.54) is 5.57 Å². The molecule has 1 N–H and O–H groups in total. The Labute approximate surface area is 242 Å². The molecule has 42 heavy (non-hydrogen) atoms. The van der Waals surface area contributed by atoms with Gasteiger partial charge in [-0.15, -0.1) is 0 Å². The molecule has 4 aliphatic rings. The standard InChI is InChI=1S/C32H39F7N2O/c1-20(2-3-21-16-25(31(34,35)36)18-26(17-21)32(37,38)39)40-29(42)30(24-6-7-24)13-10-28(19-30)41-14-11-23(12-15-41)22-4-8-27(33)9-5-22/h4,16-18,23-24,27-28H,1-3,5-15,19H2,(H,40,42). The van der Waals surface area contributed by atoms with Gasteiger partial charge in [-0.05, 0) is 126 Å². The molecule has 1 heterocycles. The fourth-order valence-electron chi connectivity index (χ4n) is 7.39. The third-order valence-corrected chi connectivity index (χ3v) is 9.94. The lowest BCUT2D eigenvalue weighted by Gasteiger charge is -2.38. The number of rotatable bonds is 8. The number of hydrogen-bond acceptors (Lipinski definition) is 2. The number of carbonyl (C=O) groups is 1. The SMILES string of the molecule is C=C(CCc1cc(C(F)(F)F)cc(C(F)(F)F)c1)NC(=O)C1(C2CC2)CCC(N2CCC(C3=CCC(F)CC3)CC2)C1. The number of alkyl halides is 7. The molecule has 0 aromatic heterocycles. The molecule has 3 atom stereocenters. The van der Waals surface area contributed by atoms with Crippen molar-refractivity contribution in [3.8, 4) is 0 Å². The topological polar surface area (TPSA) is 32.3 Å². The van der Waals surface area contributed by atoms with Crippen molar-refractivity contribution in [1.82, 2.24) is 10.2 Å². The zero-order valence-corrected chi connectivity index (χ0v) is 23.7. The Bertz CT molecular complexity index is 1160. The van der Waals surface area contributed by atoms with Crippen LogP contribution in [0.3, 0.4) is 0 Å². The molecule has 1 aliphatic heterocycles. The van der Waals surface area contributed by atoms with Crippen LogP contribution in [0, 0.1) is 17.3 Å². The predicted octanol–water partition coefficient (Wildman–Crippen LogP) is 8.40. The van der Waals surface area contributed by atoms with Crippen LogP contribution in [0.25, 0.3) is 0 Å². The van der Waals surface area contributed by atoms with E-state index >= 15 is 0 Å². The summed E-state index contributed by atoms with van der Waals surface area (Å²) in [6, 6.07) is 1.87. The molecular formula is C32H39F7N2O. The highest BCUT2D eigenvalue weighted by atomic mass is 19.4. The predicted molar refractivity (Wildman–Crippen MR) is 146 cm³/mol. The first-order valence-corrected chi connectivity index (χ1v) is 15.1. The molecule has 2 saturated carbocycles. The van der Waals surface area contributed by atoms with Crippen molar-refractivity contribution in [2.45, 2.75) is 102 Å². The maximum atomic E-state index is 13.6. The quantitative estimate of drug-likeness (QED) is 0.240. The van der Waals surface area contributed by atoms with Crippen molar-refractivity contribution < 1.29 is 35.5 Å². The van der Waals surface area contributed by atoms with Crippen LogP contribution >= 0.6 is 0 Å². The lowest BCUT2D eigenvalue weighted by Crippen LogP contribution is -2.44. The highest BCUT2D eigenvalue weighted by Gasteiger charge is 2.55. The number of aryl methyl sites for hydroxylation is 1. The van der Waals surface area contributed by atoms with Gasteiger partial charge in [-0.25, -0.2) is 4.39 Å². The fraction of sp³-hybridized carbons (Fsp3) is 0.656. The Morgan fingerprint density at radius 1 is 0.952 bits per heavy atom. The first-order valence-electron chi connectivity index (χ1n) is 15.1. The summed E-state index contributed by atoms with van der Waals surface area (Å²) in [7, 11) is 0. The zero-order valence-electron chi connectivity index (χ0n) is 23.7. The number of benzene rings is 1. The first-order chi connectivity index (χ1) is 19.7. The molecule has 1 saturated heterocycles. The van der Waals surface area contributed by atoms with E-state index in [2.05, 4.69) is 22.9 Å². The molecule has 3 fully saturated rings. The van der Waals surface area contributed by atoms with Gasteiger partial charge in [0.25, 0.3) is 0 Å². The monoisotopic (exact) mass is 600 g/mol. The molecule has 10 heteroatoms. The lowest BCUT2D eigenvalue weighted by atomic mass is 9.79. The number of likely N-dealkylation sites (tertiary alicyclic amines) is 1. The van der Waals surface area contributed by atoms with Crippen molar-refractivity contribution in [3.05, 3.63) is 58.8 Å². The van der Waals surface area contributed by atoms with Crippen LogP contribution in [0.1, 0.15) is 87.3 Å². The van der Waals surface area contributed by atoms with Gasteiger partial charge in [0.2, 0.25) is 5.91 Å². The molecule has 3 nitrogen and oxygen atoms in total. The third kappa shape index (κ3) is 7.05. The number of hydrogen-bond donors (Lipinski definition) is 1. The van der Waals surface area contributed by atoms with Crippen molar-refractivity contribution >= 4 is 5.91 Å². The van der Waals surface area contributed by atoms with Crippen LogP contribution in [0.15, 0.2) is 42.1 Å². The Morgan fingerprint density at radius 2 is 1.60 bits per heavy atom. The second kappa shape index (κ2) is 12.0. The van der Waals surface area contributed by atoms with E-state index in [0.717, 1.165) is 76.6 Å². The minimum Gasteiger partial charge on any atom is -0.330 e. The number of amides is 1. The summed E-state index contributed by atoms with van der Waals surface area (Å²) >= 11 is 0. The number of allylic oxidation sites excluding steroid dienone is 3. The van der Waals surface area contributed by atoms with Crippen molar-refractivity contribution in [2.75, 3.05) is 13.1 Å². The van der Waals surface area contributed by atoms with Crippen molar-refractivity contribution in [2.24, 2.45) is 17.3 Å². The number of halogens is 7. The number of piperidine rings is 1. The summed E-state index contributed by atoms with van der Waals surface area (Å²) in [5, 5.41) is 2.89. The van der Waals surface area contributed by atoms with Gasteiger partial charge in [-0.2, -0.15) is 26.3 Å². The fourth-order valence-corrected chi connectivity index (χ4v) is 7.39. The van der Waals surface area contributed by atoms with Gasteiger partial charge >= 0.3 is 12.4 Å². The van der Waals surface area contributed by atoms with E-state index < -0.39 is 35.1 Å². The molecule has 3 aliphatic carbocycles. The van der Waals surface area contributed by atoms with Crippen molar-refractivity contribution in [3.63, 3.8) is 0 Å². The molecule has 5 rings (SSSR count). The van der Waals surface area contributed by atoms with E-state index in [9.17, 15) is 35.5 Å². The van der Waals surface area contributed by atoms with Crippen LogP contribution in [0.2, 0.25) is 0 Å². The Kier molecular flexibility index (Phi) is 8.85. The van der Waals surface area contributed by atoms with E-state index in [0.29, 0.717) is 30.5 Å². The van der Waals surface area contributed by atoms with Crippen LogP contribution in [0.4, 0.5) is 30.7 Å². The molecule has 232 valence electrons.